The maximum atomic E-state index is 13.1. The summed E-state index contributed by atoms with van der Waals surface area (Å²) in [4.78, 5) is 11.9. The van der Waals surface area contributed by atoms with Crippen molar-refractivity contribution in [1.82, 2.24) is 0 Å². The van der Waals surface area contributed by atoms with Gasteiger partial charge in [0.05, 0.1) is 0 Å². The number of carbonyl (C=O) groups excluding carboxylic acids is 1. The third-order valence-electron chi connectivity index (χ3n) is 3.44. The van der Waals surface area contributed by atoms with E-state index in [0.717, 1.165) is 17.5 Å². The molecule has 3 heteroatoms. The summed E-state index contributed by atoms with van der Waals surface area (Å²) in [5, 5.41) is 0. The van der Waals surface area contributed by atoms with Gasteiger partial charge in [-0.3, -0.25) is 0 Å². The van der Waals surface area contributed by atoms with Crippen molar-refractivity contribution in [1.29, 1.82) is 0 Å². The molecule has 0 aliphatic carbocycles. The molecule has 0 aromatic heterocycles. The van der Waals surface area contributed by atoms with Crippen LogP contribution in [0, 0.1) is 5.82 Å². The first kappa shape index (κ1) is 16.0. The molecular formula is C19H19FO2. The van der Waals surface area contributed by atoms with Crippen molar-refractivity contribution in [2.75, 3.05) is 0 Å². The second kappa shape index (κ2) is 7.03. The second-order valence-corrected chi connectivity index (χ2v) is 5.21. The van der Waals surface area contributed by atoms with Crippen LogP contribution in [0.4, 0.5) is 4.39 Å². The van der Waals surface area contributed by atoms with E-state index in [0.29, 0.717) is 5.57 Å². The molecule has 0 N–H and O–H groups in total. The number of carbonyl (C=O) groups is 1. The van der Waals surface area contributed by atoms with Gasteiger partial charge in [-0.15, -0.1) is 0 Å². The number of hydrogen-bond acceptors (Lipinski definition) is 2. The van der Waals surface area contributed by atoms with E-state index in [1.807, 2.05) is 24.3 Å². The quantitative estimate of drug-likeness (QED) is 0.596. The minimum absolute atomic E-state index is 0.324. The minimum Gasteiger partial charge on any atom is -0.449 e. The summed E-state index contributed by atoms with van der Waals surface area (Å²) in [6.45, 7) is 7.28. The highest BCUT2D eigenvalue weighted by molar-refractivity contribution is 5.87. The standard InChI is InChI=1S/C19H19FO2/c1-4-14-5-7-15(8-6-14)18(22-19(21)13(2)3)16-9-11-17(20)12-10-16/h5-12,18H,2,4H2,1,3H3. The molecular weight excluding hydrogens is 279 g/mol. The van der Waals surface area contributed by atoms with Gasteiger partial charge in [0.2, 0.25) is 0 Å². The van der Waals surface area contributed by atoms with Crippen molar-refractivity contribution in [3.8, 4) is 0 Å². The van der Waals surface area contributed by atoms with Gasteiger partial charge in [0, 0.05) is 5.57 Å². The van der Waals surface area contributed by atoms with E-state index in [1.165, 1.54) is 17.7 Å². The van der Waals surface area contributed by atoms with Crippen LogP contribution in [-0.4, -0.2) is 5.97 Å². The van der Waals surface area contributed by atoms with Gasteiger partial charge >= 0.3 is 5.97 Å². The number of aryl methyl sites for hydroxylation is 1. The highest BCUT2D eigenvalue weighted by Gasteiger charge is 2.19. The van der Waals surface area contributed by atoms with Gasteiger partial charge < -0.3 is 4.74 Å². The van der Waals surface area contributed by atoms with Crippen molar-refractivity contribution in [3.63, 3.8) is 0 Å². The second-order valence-electron chi connectivity index (χ2n) is 5.21. The fourth-order valence-corrected chi connectivity index (χ4v) is 2.10. The summed E-state index contributed by atoms with van der Waals surface area (Å²) < 4.78 is 18.7. The predicted octanol–water partition coefficient (Wildman–Crippen LogP) is 4.60. The Morgan fingerprint density at radius 3 is 2.05 bits per heavy atom. The first-order valence-electron chi connectivity index (χ1n) is 7.22. The van der Waals surface area contributed by atoms with Gasteiger partial charge in [0.15, 0.2) is 6.10 Å². The Bertz CT molecular complexity index is 657. The molecule has 0 spiro atoms. The fraction of sp³-hybridized carbons (Fsp3) is 0.211. The maximum Gasteiger partial charge on any atom is 0.334 e. The van der Waals surface area contributed by atoms with E-state index >= 15 is 0 Å². The van der Waals surface area contributed by atoms with Gasteiger partial charge in [-0.05, 0) is 42.2 Å². The minimum atomic E-state index is -0.573. The van der Waals surface area contributed by atoms with Gasteiger partial charge in [-0.2, -0.15) is 0 Å². The molecule has 0 saturated heterocycles. The third-order valence-corrected chi connectivity index (χ3v) is 3.44. The van der Waals surface area contributed by atoms with E-state index in [9.17, 15) is 9.18 Å². The number of rotatable bonds is 5. The Morgan fingerprint density at radius 2 is 1.59 bits per heavy atom. The molecule has 2 rings (SSSR count). The normalized spacial score (nSPS) is 11.8. The monoisotopic (exact) mass is 298 g/mol. The van der Waals surface area contributed by atoms with Crippen molar-refractivity contribution in [3.05, 3.63) is 83.2 Å². The Hall–Kier alpha value is -2.42. The molecule has 0 heterocycles. The topological polar surface area (TPSA) is 26.3 Å². The first-order valence-corrected chi connectivity index (χ1v) is 7.22. The van der Waals surface area contributed by atoms with Crippen LogP contribution >= 0.6 is 0 Å². The van der Waals surface area contributed by atoms with Crippen molar-refractivity contribution in [2.45, 2.75) is 26.4 Å². The van der Waals surface area contributed by atoms with Crippen LogP contribution in [0.2, 0.25) is 0 Å². The van der Waals surface area contributed by atoms with Crippen LogP contribution < -0.4 is 0 Å². The molecule has 2 aromatic rings. The summed E-state index contributed by atoms with van der Waals surface area (Å²) >= 11 is 0. The zero-order chi connectivity index (χ0) is 16.1. The summed E-state index contributed by atoms with van der Waals surface area (Å²) in [5.41, 5.74) is 3.10. The molecule has 0 aliphatic rings. The SMILES string of the molecule is C=C(C)C(=O)OC(c1ccc(F)cc1)c1ccc(CC)cc1. The lowest BCUT2D eigenvalue weighted by atomic mass is 9.99. The number of esters is 1. The molecule has 2 nitrogen and oxygen atoms in total. The number of ether oxygens (including phenoxy) is 1. The lowest BCUT2D eigenvalue weighted by molar-refractivity contribution is -0.142. The first-order chi connectivity index (χ1) is 10.5. The fourth-order valence-electron chi connectivity index (χ4n) is 2.10. The Morgan fingerprint density at radius 1 is 1.09 bits per heavy atom. The summed E-state index contributed by atoms with van der Waals surface area (Å²) in [6.07, 6.45) is 0.364. The number of hydrogen-bond donors (Lipinski definition) is 0. The van der Waals surface area contributed by atoms with Gasteiger partial charge in [-0.1, -0.05) is 49.9 Å². The molecule has 0 saturated carbocycles. The van der Waals surface area contributed by atoms with E-state index in [4.69, 9.17) is 4.74 Å². The zero-order valence-electron chi connectivity index (χ0n) is 12.8. The molecule has 2 aromatic carbocycles. The van der Waals surface area contributed by atoms with Crippen molar-refractivity contribution in [2.24, 2.45) is 0 Å². The van der Waals surface area contributed by atoms with Crippen LogP contribution in [-0.2, 0) is 16.0 Å². The van der Waals surface area contributed by atoms with E-state index in [1.54, 1.807) is 19.1 Å². The molecule has 0 radical (unpaired) electrons. The van der Waals surface area contributed by atoms with Gasteiger partial charge in [0.1, 0.15) is 5.82 Å². The molecule has 22 heavy (non-hydrogen) atoms. The largest absolute Gasteiger partial charge is 0.449 e. The lowest BCUT2D eigenvalue weighted by Gasteiger charge is -2.19. The Kier molecular flexibility index (Phi) is 5.10. The molecule has 1 unspecified atom stereocenters. The lowest BCUT2D eigenvalue weighted by Crippen LogP contribution is -2.13. The highest BCUT2D eigenvalue weighted by Crippen LogP contribution is 2.27. The summed E-state index contributed by atoms with van der Waals surface area (Å²) in [7, 11) is 0. The molecule has 0 fully saturated rings. The highest BCUT2D eigenvalue weighted by atomic mass is 19.1. The maximum absolute atomic E-state index is 13.1. The summed E-state index contributed by atoms with van der Waals surface area (Å²) in [5.74, 6) is -0.788. The number of benzene rings is 2. The van der Waals surface area contributed by atoms with Crippen molar-refractivity contribution < 1.29 is 13.9 Å². The molecule has 1 atom stereocenters. The van der Waals surface area contributed by atoms with Gasteiger partial charge in [-0.25, -0.2) is 9.18 Å². The molecule has 0 bridgehead atoms. The van der Waals surface area contributed by atoms with Crippen LogP contribution in [0.3, 0.4) is 0 Å². The third kappa shape index (κ3) is 3.82. The van der Waals surface area contributed by atoms with Crippen molar-refractivity contribution >= 4 is 5.97 Å². The predicted molar refractivity (Wildman–Crippen MR) is 85.0 cm³/mol. The average Bonchev–Trinajstić information content (AvgIpc) is 2.53. The van der Waals surface area contributed by atoms with Crippen LogP contribution in [0.5, 0.6) is 0 Å². The van der Waals surface area contributed by atoms with Crippen LogP contribution in [0.1, 0.15) is 36.6 Å². The zero-order valence-corrected chi connectivity index (χ0v) is 12.8. The molecule has 0 amide bonds. The van der Waals surface area contributed by atoms with Crippen LogP contribution in [0.25, 0.3) is 0 Å². The van der Waals surface area contributed by atoms with E-state index in [2.05, 4.69) is 13.5 Å². The Balaban J connectivity index is 2.37. The molecule has 0 aliphatic heterocycles. The van der Waals surface area contributed by atoms with Crippen LogP contribution in [0.15, 0.2) is 60.7 Å². The number of halogens is 1. The van der Waals surface area contributed by atoms with E-state index < -0.39 is 12.1 Å². The summed E-state index contributed by atoms with van der Waals surface area (Å²) in [6, 6.07) is 13.8. The smallest absolute Gasteiger partial charge is 0.334 e. The molecule has 114 valence electrons. The average molecular weight is 298 g/mol. The Labute approximate surface area is 130 Å². The van der Waals surface area contributed by atoms with E-state index in [-0.39, 0.29) is 5.82 Å². The van der Waals surface area contributed by atoms with Gasteiger partial charge in [0.25, 0.3) is 0 Å².